The summed E-state index contributed by atoms with van der Waals surface area (Å²) in [5, 5.41) is 11.7. The Morgan fingerprint density at radius 2 is 2.04 bits per heavy atom. The number of carbonyl (C=O) groups excluding carboxylic acids is 1. The first-order chi connectivity index (χ1) is 11.6. The number of anilines is 1. The number of nitrogens with zero attached hydrogens (tertiary/aromatic N) is 1. The number of aliphatic hydroxyl groups is 1. The maximum atomic E-state index is 12.6. The number of nitrogens with one attached hydrogen (secondary N) is 2. The monoisotopic (exact) mass is 329 g/mol. The molecule has 7 nitrogen and oxygen atoms in total. The number of rotatable bonds is 4. The van der Waals surface area contributed by atoms with Crippen LogP contribution in [0, 0.1) is 0 Å². The molecule has 2 aromatic heterocycles. The van der Waals surface area contributed by atoms with E-state index in [0.29, 0.717) is 11.3 Å². The first-order valence-corrected chi connectivity index (χ1v) is 7.96. The van der Waals surface area contributed by atoms with Crippen LogP contribution in [0.4, 0.5) is 5.69 Å². The summed E-state index contributed by atoms with van der Waals surface area (Å²) in [6, 6.07) is 4.16. The SMILES string of the molecule is O=C(Nc1ccc(=O)n(CCO)c1)c1cc(=O)[nH]c2c1CCCC2. The van der Waals surface area contributed by atoms with Crippen LogP contribution >= 0.6 is 0 Å². The number of pyridine rings is 2. The van der Waals surface area contributed by atoms with Crippen molar-refractivity contribution in [2.45, 2.75) is 32.2 Å². The number of hydrogen-bond acceptors (Lipinski definition) is 4. The quantitative estimate of drug-likeness (QED) is 0.766. The molecule has 0 saturated carbocycles. The van der Waals surface area contributed by atoms with Crippen molar-refractivity contribution >= 4 is 11.6 Å². The van der Waals surface area contributed by atoms with Gasteiger partial charge in [-0.05, 0) is 37.3 Å². The molecule has 2 heterocycles. The summed E-state index contributed by atoms with van der Waals surface area (Å²) in [4.78, 5) is 38.8. The van der Waals surface area contributed by atoms with Gasteiger partial charge in [-0.1, -0.05) is 0 Å². The molecule has 0 bridgehead atoms. The standard InChI is InChI=1S/C17H19N3O4/c21-8-7-20-10-11(5-6-16(20)23)18-17(24)13-9-15(22)19-14-4-2-1-3-12(13)14/h5-6,9-10,21H,1-4,7-8H2,(H,18,24)(H,19,22). The van der Waals surface area contributed by atoms with Crippen molar-refractivity contribution in [1.29, 1.82) is 0 Å². The zero-order valence-electron chi connectivity index (χ0n) is 13.2. The lowest BCUT2D eigenvalue weighted by Gasteiger charge is -2.18. The van der Waals surface area contributed by atoms with Gasteiger partial charge < -0.3 is 20.0 Å². The second-order valence-electron chi connectivity index (χ2n) is 5.84. The molecule has 2 aromatic rings. The number of aryl methyl sites for hydroxylation is 1. The molecule has 3 N–H and O–H groups in total. The third-order valence-electron chi connectivity index (χ3n) is 4.17. The van der Waals surface area contributed by atoms with E-state index in [1.165, 1.54) is 29.0 Å². The molecule has 0 saturated heterocycles. The second-order valence-corrected chi connectivity index (χ2v) is 5.84. The molecule has 0 unspecified atom stereocenters. The zero-order chi connectivity index (χ0) is 17.1. The predicted octanol–water partition coefficient (Wildman–Crippen LogP) is 0.660. The van der Waals surface area contributed by atoms with Crippen molar-refractivity contribution in [3.63, 3.8) is 0 Å². The van der Waals surface area contributed by atoms with E-state index in [4.69, 9.17) is 5.11 Å². The Labute approximate surface area is 138 Å². The summed E-state index contributed by atoms with van der Waals surface area (Å²) in [6.45, 7) is -0.0121. The van der Waals surface area contributed by atoms with Crippen molar-refractivity contribution < 1.29 is 9.90 Å². The van der Waals surface area contributed by atoms with E-state index >= 15 is 0 Å². The van der Waals surface area contributed by atoms with Gasteiger partial charge in [-0.25, -0.2) is 0 Å². The minimum absolute atomic E-state index is 0.156. The minimum atomic E-state index is -0.367. The van der Waals surface area contributed by atoms with Gasteiger partial charge in [-0.3, -0.25) is 14.4 Å². The Balaban J connectivity index is 1.91. The van der Waals surface area contributed by atoms with Gasteiger partial charge in [0.2, 0.25) is 5.56 Å². The summed E-state index contributed by atoms with van der Waals surface area (Å²) in [7, 11) is 0. The highest BCUT2D eigenvalue weighted by Crippen LogP contribution is 2.22. The number of H-pyrrole nitrogens is 1. The fraction of sp³-hybridized carbons (Fsp3) is 0.353. The Bertz CT molecular complexity index is 882. The molecule has 0 fully saturated rings. The maximum Gasteiger partial charge on any atom is 0.256 e. The van der Waals surface area contributed by atoms with Gasteiger partial charge in [0.25, 0.3) is 11.5 Å². The molecule has 1 amide bonds. The molecule has 0 radical (unpaired) electrons. The van der Waals surface area contributed by atoms with Gasteiger partial charge in [0.05, 0.1) is 17.9 Å². The molecule has 0 atom stereocenters. The fourth-order valence-corrected chi connectivity index (χ4v) is 3.03. The van der Waals surface area contributed by atoms with E-state index < -0.39 is 0 Å². The second kappa shape index (κ2) is 6.84. The van der Waals surface area contributed by atoms with Crippen LogP contribution in [-0.2, 0) is 19.4 Å². The topological polar surface area (TPSA) is 104 Å². The summed E-state index contributed by atoms with van der Waals surface area (Å²) >= 11 is 0. The van der Waals surface area contributed by atoms with Gasteiger partial charge in [0.1, 0.15) is 0 Å². The fourth-order valence-electron chi connectivity index (χ4n) is 3.03. The normalized spacial score (nSPS) is 13.4. The third kappa shape index (κ3) is 3.30. The van der Waals surface area contributed by atoms with Crippen LogP contribution < -0.4 is 16.4 Å². The van der Waals surface area contributed by atoms with Crippen LogP contribution in [0.1, 0.15) is 34.5 Å². The molecule has 0 aromatic carbocycles. The summed E-state index contributed by atoms with van der Waals surface area (Å²) < 4.78 is 1.32. The summed E-state index contributed by atoms with van der Waals surface area (Å²) in [5.74, 6) is -0.367. The summed E-state index contributed by atoms with van der Waals surface area (Å²) in [5.41, 5.74) is 2.01. The molecule has 3 rings (SSSR count). The van der Waals surface area contributed by atoms with Crippen LogP contribution in [-0.4, -0.2) is 27.2 Å². The Morgan fingerprint density at radius 1 is 1.25 bits per heavy atom. The summed E-state index contributed by atoms with van der Waals surface area (Å²) in [6.07, 6.45) is 5.00. The first kappa shape index (κ1) is 16.2. The molecular weight excluding hydrogens is 310 g/mol. The molecular formula is C17H19N3O4. The van der Waals surface area contributed by atoms with E-state index in [1.54, 1.807) is 0 Å². The van der Waals surface area contributed by atoms with Gasteiger partial charge in [-0.15, -0.1) is 0 Å². The molecule has 7 heteroatoms. The molecule has 0 aliphatic heterocycles. The Hall–Kier alpha value is -2.67. The Kier molecular flexibility index (Phi) is 4.61. The van der Waals surface area contributed by atoms with Crippen molar-refractivity contribution in [2.75, 3.05) is 11.9 Å². The smallest absolute Gasteiger partial charge is 0.256 e. The van der Waals surface area contributed by atoms with Gasteiger partial charge >= 0.3 is 0 Å². The van der Waals surface area contributed by atoms with Crippen molar-refractivity contribution in [2.24, 2.45) is 0 Å². The first-order valence-electron chi connectivity index (χ1n) is 7.96. The number of carbonyl (C=O) groups is 1. The van der Waals surface area contributed by atoms with Crippen LogP contribution in [0.3, 0.4) is 0 Å². The number of hydrogen-bond donors (Lipinski definition) is 3. The lowest BCUT2D eigenvalue weighted by molar-refractivity contribution is 0.102. The van der Waals surface area contributed by atoms with Crippen molar-refractivity contribution in [1.82, 2.24) is 9.55 Å². The van der Waals surface area contributed by atoms with E-state index in [-0.39, 0.29) is 30.2 Å². The largest absolute Gasteiger partial charge is 0.395 e. The van der Waals surface area contributed by atoms with Gasteiger partial charge in [-0.2, -0.15) is 0 Å². The van der Waals surface area contributed by atoms with Crippen LogP contribution in [0.5, 0.6) is 0 Å². The molecule has 0 spiro atoms. The highest BCUT2D eigenvalue weighted by molar-refractivity contribution is 6.05. The van der Waals surface area contributed by atoms with E-state index in [2.05, 4.69) is 10.3 Å². The van der Waals surface area contributed by atoms with Gasteiger partial charge in [0.15, 0.2) is 0 Å². The number of aromatic amines is 1. The third-order valence-corrected chi connectivity index (χ3v) is 4.17. The molecule has 1 aliphatic carbocycles. The van der Waals surface area contributed by atoms with Crippen molar-refractivity contribution in [3.8, 4) is 0 Å². The maximum absolute atomic E-state index is 12.6. The van der Waals surface area contributed by atoms with Crippen LogP contribution in [0.15, 0.2) is 34.0 Å². The average molecular weight is 329 g/mol. The Morgan fingerprint density at radius 3 is 2.83 bits per heavy atom. The van der Waals surface area contributed by atoms with Crippen molar-refractivity contribution in [3.05, 3.63) is 61.9 Å². The average Bonchev–Trinajstić information content (AvgIpc) is 2.57. The van der Waals surface area contributed by atoms with E-state index in [1.807, 2.05) is 0 Å². The van der Waals surface area contributed by atoms with Crippen LogP contribution in [0.2, 0.25) is 0 Å². The highest BCUT2D eigenvalue weighted by Gasteiger charge is 2.19. The lowest BCUT2D eigenvalue weighted by atomic mass is 9.92. The number of amides is 1. The van der Waals surface area contributed by atoms with E-state index in [9.17, 15) is 14.4 Å². The van der Waals surface area contributed by atoms with E-state index in [0.717, 1.165) is 36.9 Å². The van der Waals surface area contributed by atoms with Crippen LogP contribution in [0.25, 0.3) is 0 Å². The predicted molar refractivity (Wildman–Crippen MR) is 89.4 cm³/mol. The zero-order valence-corrected chi connectivity index (χ0v) is 13.2. The number of aromatic nitrogens is 2. The number of aliphatic hydroxyl groups excluding tert-OH is 1. The van der Waals surface area contributed by atoms with Gasteiger partial charge in [0, 0.05) is 30.6 Å². The molecule has 24 heavy (non-hydrogen) atoms. The highest BCUT2D eigenvalue weighted by atomic mass is 16.3. The molecule has 126 valence electrons. The lowest BCUT2D eigenvalue weighted by Crippen LogP contribution is -2.25. The molecule has 1 aliphatic rings. The minimum Gasteiger partial charge on any atom is -0.395 e. The number of fused-ring (bicyclic) bond motifs is 1.